The molecular formula is C12H19N5O2. The monoisotopic (exact) mass is 265 g/mol. The molecule has 0 bridgehead atoms. The van der Waals surface area contributed by atoms with Crippen molar-refractivity contribution in [2.75, 3.05) is 42.9 Å². The average molecular weight is 265 g/mol. The van der Waals surface area contributed by atoms with Gasteiger partial charge in [-0.05, 0) is 12.5 Å². The number of aromatic nitrogens is 1. The van der Waals surface area contributed by atoms with Crippen LogP contribution in [0.2, 0.25) is 0 Å². The molecule has 1 aliphatic rings. The van der Waals surface area contributed by atoms with E-state index in [0.717, 1.165) is 39.1 Å². The van der Waals surface area contributed by atoms with Crippen LogP contribution in [0.5, 0.6) is 0 Å². The lowest BCUT2D eigenvalue weighted by Gasteiger charge is -2.28. The minimum Gasteiger partial charge on any atom is -0.370 e. The number of nitrogens with zero attached hydrogens (tertiary/aromatic N) is 3. The van der Waals surface area contributed by atoms with Gasteiger partial charge >= 0.3 is 5.69 Å². The lowest BCUT2D eigenvalue weighted by atomic mass is 10.3. The highest BCUT2D eigenvalue weighted by atomic mass is 16.6. The van der Waals surface area contributed by atoms with Crippen LogP contribution in [0.1, 0.15) is 13.3 Å². The number of nitro groups is 1. The Bertz CT molecular complexity index is 446. The summed E-state index contributed by atoms with van der Waals surface area (Å²) in [6.07, 6.45) is 0.988. The highest BCUT2D eigenvalue weighted by Crippen LogP contribution is 2.27. The normalized spacial score (nSPS) is 15.3. The van der Waals surface area contributed by atoms with E-state index >= 15 is 0 Å². The van der Waals surface area contributed by atoms with Crippen LogP contribution >= 0.6 is 0 Å². The molecule has 0 spiro atoms. The fourth-order valence-electron chi connectivity index (χ4n) is 2.04. The third-order valence-corrected chi connectivity index (χ3v) is 3.02. The average Bonchev–Trinajstić information content (AvgIpc) is 2.45. The topological polar surface area (TPSA) is 83.3 Å². The van der Waals surface area contributed by atoms with E-state index in [1.807, 2.05) is 4.90 Å². The van der Waals surface area contributed by atoms with Gasteiger partial charge in [0.05, 0.1) is 4.92 Å². The van der Waals surface area contributed by atoms with Gasteiger partial charge in [-0.2, -0.15) is 0 Å². The van der Waals surface area contributed by atoms with Crippen molar-refractivity contribution >= 4 is 17.3 Å². The molecule has 7 nitrogen and oxygen atoms in total. The van der Waals surface area contributed by atoms with Gasteiger partial charge in [-0.15, -0.1) is 0 Å². The van der Waals surface area contributed by atoms with Crippen molar-refractivity contribution in [3.63, 3.8) is 0 Å². The maximum Gasteiger partial charge on any atom is 0.311 e. The van der Waals surface area contributed by atoms with E-state index in [-0.39, 0.29) is 10.6 Å². The minimum atomic E-state index is -0.367. The van der Waals surface area contributed by atoms with Crippen molar-refractivity contribution in [1.82, 2.24) is 10.3 Å². The maximum atomic E-state index is 11.1. The second-order valence-corrected chi connectivity index (χ2v) is 4.46. The molecule has 1 aliphatic heterocycles. The quantitative estimate of drug-likeness (QED) is 0.615. The first-order chi connectivity index (χ1) is 9.22. The number of pyridine rings is 1. The van der Waals surface area contributed by atoms with E-state index in [4.69, 9.17) is 0 Å². The number of piperazine rings is 1. The van der Waals surface area contributed by atoms with Gasteiger partial charge < -0.3 is 15.5 Å². The number of anilines is 2. The summed E-state index contributed by atoms with van der Waals surface area (Å²) in [4.78, 5) is 17.1. The van der Waals surface area contributed by atoms with Crippen molar-refractivity contribution in [2.45, 2.75) is 13.3 Å². The number of hydrogen-bond acceptors (Lipinski definition) is 6. The lowest BCUT2D eigenvalue weighted by molar-refractivity contribution is -0.384. The molecule has 19 heavy (non-hydrogen) atoms. The van der Waals surface area contributed by atoms with E-state index in [9.17, 15) is 10.1 Å². The summed E-state index contributed by atoms with van der Waals surface area (Å²) in [5.41, 5.74) is 0.0731. The third-order valence-electron chi connectivity index (χ3n) is 3.02. The zero-order valence-corrected chi connectivity index (χ0v) is 11.1. The Morgan fingerprint density at radius 2 is 2.21 bits per heavy atom. The van der Waals surface area contributed by atoms with Gasteiger partial charge in [-0.3, -0.25) is 10.1 Å². The van der Waals surface area contributed by atoms with Gasteiger partial charge in [0.2, 0.25) is 5.82 Å². The van der Waals surface area contributed by atoms with E-state index < -0.39 is 0 Å². The van der Waals surface area contributed by atoms with Crippen LogP contribution < -0.4 is 15.5 Å². The molecule has 0 unspecified atom stereocenters. The van der Waals surface area contributed by atoms with Crippen LogP contribution in [-0.4, -0.2) is 42.6 Å². The molecule has 0 aliphatic carbocycles. The number of rotatable bonds is 5. The summed E-state index contributed by atoms with van der Waals surface area (Å²) in [5.74, 6) is 1.16. The molecule has 1 aromatic rings. The first-order valence-electron chi connectivity index (χ1n) is 6.57. The summed E-state index contributed by atoms with van der Waals surface area (Å²) >= 11 is 0. The van der Waals surface area contributed by atoms with Crippen LogP contribution in [0.15, 0.2) is 12.1 Å². The molecule has 1 fully saturated rings. The molecule has 0 radical (unpaired) electrons. The minimum absolute atomic E-state index is 0.0731. The summed E-state index contributed by atoms with van der Waals surface area (Å²) in [5, 5.41) is 17.5. The van der Waals surface area contributed by atoms with Crippen molar-refractivity contribution in [1.29, 1.82) is 0 Å². The number of hydrogen-bond donors (Lipinski definition) is 2. The molecule has 7 heteroatoms. The van der Waals surface area contributed by atoms with Crippen LogP contribution in [0.25, 0.3) is 0 Å². The Morgan fingerprint density at radius 1 is 1.47 bits per heavy atom. The van der Waals surface area contributed by atoms with Gasteiger partial charge in [-0.1, -0.05) is 6.92 Å². The molecule has 2 rings (SSSR count). The molecule has 0 saturated carbocycles. The molecule has 2 heterocycles. The van der Waals surface area contributed by atoms with E-state index in [0.29, 0.717) is 11.6 Å². The Morgan fingerprint density at radius 3 is 2.84 bits per heavy atom. The van der Waals surface area contributed by atoms with Gasteiger partial charge in [0, 0.05) is 38.8 Å². The van der Waals surface area contributed by atoms with Crippen LogP contribution in [0, 0.1) is 10.1 Å². The standard InChI is InChI=1S/C12H19N5O2/c1-2-5-14-11-4-3-10(17(18)19)12(15-11)16-8-6-13-7-9-16/h3-4,13H,2,5-9H2,1H3,(H,14,15). The van der Waals surface area contributed by atoms with Gasteiger partial charge in [-0.25, -0.2) is 4.98 Å². The molecule has 0 atom stereocenters. The predicted octanol–water partition coefficient (Wildman–Crippen LogP) is 1.22. The Labute approximate surface area is 112 Å². The Balaban J connectivity index is 2.27. The first-order valence-corrected chi connectivity index (χ1v) is 6.57. The molecule has 0 amide bonds. The molecule has 2 N–H and O–H groups in total. The first kappa shape index (κ1) is 13.5. The van der Waals surface area contributed by atoms with Crippen molar-refractivity contribution in [2.24, 2.45) is 0 Å². The second kappa shape index (κ2) is 6.33. The van der Waals surface area contributed by atoms with Crippen molar-refractivity contribution < 1.29 is 4.92 Å². The fraction of sp³-hybridized carbons (Fsp3) is 0.583. The fourth-order valence-corrected chi connectivity index (χ4v) is 2.04. The summed E-state index contributed by atoms with van der Waals surface area (Å²) in [6.45, 7) is 6.01. The number of nitrogens with one attached hydrogen (secondary N) is 2. The van der Waals surface area contributed by atoms with Crippen molar-refractivity contribution in [3.8, 4) is 0 Å². The smallest absolute Gasteiger partial charge is 0.311 e. The Kier molecular flexibility index (Phi) is 4.51. The second-order valence-electron chi connectivity index (χ2n) is 4.46. The maximum absolute atomic E-state index is 11.1. The SMILES string of the molecule is CCCNc1ccc([N+](=O)[O-])c(N2CCNCC2)n1. The van der Waals surface area contributed by atoms with E-state index in [1.165, 1.54) is 6.07 Å². The molecular weight excluding hydrogens is 246 g/mol. The van der Waals surface area contributed by atoms with Crippen LogP contribution in [0.4, 0.5) is 17.3 Å². The summed E-state index contributed by atoms with van der Waals surface area (Å²) in [6, 6.07) is 3.20. The van der Waals surface area contributed by atoms with Crippen LogP contribution in [-0.2, 0) is 0 Å². The molecule has 1 saturated heterocycles. The van der Waals surface area contributed by atoms with E-state index in [2.05, 4.69) is 22.5 Å². The summed E-state index contributed by atoms with van der Waals surface area (Å²) in [7, 11) is 0. The molecule has 1 aromatic heterocycles. The highest BCUT2D eigenvalue weighted by Gasteiger charge is 2.23. The molecule has 104 valence electrons. The molecule has 0 aromatic carbocycles. The third kappa shape index (κ3) is 3.31. The van der Waals surface area contributed by atoms with Gasteiger partial charge in [0.15, 0.2) is 0 Å². The van der Waals surface area contributed by atoms with Gasteiger partial charge in [0.1, 0.15) is 5.82 Å². The van der Waals surface area contributed by atoms with E-state index in [1.54, 1.807) is 6.07 Å². The Hall–Kier alpha value is -1.89. The largest absolute Gasteiger partial charge is 0.370 e. The lowest BCUT2D eigenvalue weighted by Crippen LogP contribution is -2.44. The highest BCUT2D eigenvalue weighted by molar-refractivity contribution is 5.62. The zero-order valence-electron chi connectivity index (χ0n) is 11.1. The van der Waals surface area contributed by atoms with Gasteiger partial charge in [0.25, 0.3) is 0 Å². The zero-order chi connectivity index (χ0) is 13.7. The predicted molar refractivity (Wildman–Crippen MR) is 74.8 cm³/mol. The van der Waals surface area contributed by atoms with Crippen LogP contribution in [0.3, 0.4) is 0 Å². The summed E-state index contributed by atoms with van der Waals surface area (Å²) < 4.78 is 0. The van der Waals surface area contributed by atoms with Crippen molar-refractivity contribution in [3.05, 3.63) is 22.2 Å².